The number of aliphatic hydroxyl groups is 1. The number of halogens is 2. The number of likely N-dealkylation sites (N-methyl/N-ethyl adjacent to an activating group) is 2. The van der Waals surface area contributed by atoms with Crippen molar-refractivity contribution in [3.05, 3.63) is 117 Å². The smallest absolute Gasteiger partial charge is 0.338 e. The number of hydrogen-bond acceptors (Lipinski definition) is 13. The molecule has 2 amide bonds. The van der Waals surface area contributed by atoms with E-state index in [2.05, 4.69) is 15.2 Å². The molecule has 8 rings (SSSR count). The van der Waals surface area contributed by atoms with Crippen LogP contribution in [0.15, 0.2) is 94.6 Å². The number of benzene rings is 3. The fraction of sp³-hybridized carbons (Fsp3) is 0.357. The summed E-state index contributed by atoms with van der Waals surface area (Å²) in [7, 11) is 4.87. The van der Waals surface area contributed by atoms with Crippen LogP contribution in [0.1, 0.15) is 34.8 Å². The van der Waals surface area contributed by atoms with Crippen LogP contribution < -0.4 is 15.0 Å². The van der Waals surface area contributed by atoms with Crippen LogP contribution in [0.4, 0.5) is 14.9 Å². The summed E-state index contributed by atoms with van der Waals surface area (Å²) in [5.41, 5.74) is 2.65. The number of aliphatic carboxylic acids is 1. The minimum atomic E-state index is -0.914. The van der Waals surface area contributed by atoms with Gasteiger partial charge in [0.15, 0.2) is 10.8 Å². The molecule has 314 valence electrons. The number of amidine groups is 1. The molecule has 1 aromatic heterocycles. The number of amides is 2. The number of nitrogens with zero attached hydrogens (tertiary/aromatic N) is 7. The van der Waals surface area contributed by atoms with E-state index in [0.717, 1.165) is 5.69 Å². The number of fused-ring (bicyclic) bond motifs is 1. The quantitative estimate of drug-likeness (QED) is 0.130. The molecule has 60 heavy (non-hydrogen) atoms. The molecule has 4 aliphatic rings. The molecular weight excluding hydrogens is 815 g/mol. The third-order valence-electron chi connectivity index (χ3n) is 11.6. The van der Waals surface area contributed by atoms with Crippen molar-refractivity contribution in [2.45, 2.75) is 36.8 Å². The summed E-state index contributed by atoms with van der Waals surface area (Å²) in [5, 5.41) is 26.4. The minimum Gasteiger partial charge on any atom is -0.480 e. The standard InChI is InChI=1S/C42H44ClFN8O7S/c1-48-20-27(19-34(48)40(54)55)49(2)39(53)24-4-9-29(10-5-24)59-30-11-7-26(8-12-30)52-22-28-21-50(15-16-51(28)42(52)57)23-33-35(41(56)58-3)36(31-13-6-25(44)18-32(31)43)47-37(46-33)38-45-14-17-60-38/h4-14,17-18,27-28,34,36,39,53H,15-16,19-23H2,1-3H3,(H,46,47)(H,54,55)/t27-,28-,34+,36-,39?/m0/s1. The molecule has 5 atom stereocenters. The molecule has 0 aliphatic carbocycles. The number of rotatable bonds is 12. The van der Waals surface area contributed by atoms with Crippen LogP contribution >= 0.6 is 22.9 Å². The van der Waals surface area contributed by atoms with E-state index in [1.54, 1.807) is 71.4 Å². The number of urea groups is 1. The molecule has 3 aromatic carbocycles. The monoisotopic (exact) mass is 858 g/mol. The predicted octanol–water partition coefficient (Wildman–Crippen LogP) is 4.95. The number of aliphatic imine (C=N–C) groups is 1. The lowest BCUT2D eigenvalue weighted by Crippen LogP contribution is -2.53. The van der Waals surface area contributed by atoms with Gasteiger partial charge in [-0.05, 0) is 74.6 Å². The third-order valence-corrected chi connectivity index (χ3v) is 12.7. The number of carbonyl (C=O) groups excluding carboxylic acids is 2. The lowest BCUT2D eigenvalue weighted by atomic mass is 9.95. The van der Waals surface area contributed by atoms with Crippen LogP contribution in [0.3, 0.4) is 0 Å². The average Bonchev–Trinajstić information content (AvgIpc) is 4.00. The molecule has 3 fully saturated rings. The Balaban J connectivity index is 0.920. The van der Waals surface area contributed by atoms with Gasteiger partial charge in [-0.15, -0.1) is 11.3 Å². The van der Waals surface area contributed by atoms with Crippen molar-refractivity contribution < 1.29 is 38.5 Å². The first-order valence-corrected chi connectivity index (χ1v) is 20.7. The van der Waals surface area contributed by atoms with Crippen molar-refractivity contribution in [2.75, 3.05) is 65.4 Å². The van der Waals surface area contributed by atoms with E-state index < -0.39 is 36.1 Å². The van der Waals surface area contributed by atoms with Crippen LogP contribution in [-0.4, -0.2) is 137 Å². The van der Waals surface area contributed by atoms with E-state index in [4.69, 9.17) is 26.1 Å². The van der Waals surface area contributed by atoms with Crippen molar-refractivity contribution in [1.29, 1.82) is 0 Å². The Hall–Kier alpha value is -5.43. The summed E-state index contributed by atoms with van der Waals surface area (Å²) in [5.74, 6) is -0.372. The number of hydrogen-bond donors (Lipinski definition) is 3. The zero-order chi connectivity index (χ0) is 42.2. The number of ether oxygens (including phenoxy) is 2. The number of piperazine rings is 1. The highest BCUT2D eigenvalue weighted by Crippen LogP contribution is 2.38. The number of nitrogens with one attached hydrogen (secondary N) is 1. The summed E-state index contributed by atoms with van der Waals surface area (Å²) in [6, 6.07) is 16.6. The average molecular weight is 859 g/mol. The van der Waals surface area contributed by atoms with Crippen LogP contribution in [0, 0.1) is 5.82 Å². The zero-order valence-electron chi connectivity index (χ0n) is 33.1. The molecule has 0 bridgehead atoms. The molecule has 3 saturated heterocycles. The molecule has 18 heteroatoms. The summed E-state index contributed by atoms with van der Waals surface area (Å²) >= 11 is 7.91. The van der Waals surface area contributed by atoms with Gasteiger partial charge in [0, 0.05) is 78.9 Å². The fourth-order valence-corrected chi connectivity index (χ4v) is 9.21. The van der Waals surface area contributed by atoms with Gasteiger partial charge in [0.1, 0.15) is 35.6 Å². The highest BCUT2D eigenvalue weighted by molar-refractivity contribution is 7.11. The van der Waals surface area contributed by atoms with E-state index in [0.29, 0.717) is 84.9 Å². The number of aliphatic hydroxyl groups excluding tert-OH is 1. The SMILES string of the molecule is COC(=O)C1=C(CN2CCN3C(=O)N(c4ccc(Oc5ccc(C(O)N(C)[C@H]6C[C@H](C(=O)O)N(C)C6)cc5)cc4)C[C@@H]3C2)NC(c2nccs2)=N[C@H]1c1ccc(F)cc1Cl. The molecule has 5 heterocycles. The van der Waals surface area contributed by atoms with Gasteiger partial charge in [-0.3, -0.25) is 29.4 Å². The molecular formula is C42H44ClFN8O7S. The van der Waals surface area contributed by atoms with Crippen LogP contribution in [0.25, 0.3) is 0 Å². The van der Waals surface area contributed by atoms with Gasteiger partial charge < -0.3 is 29.9 Å². The summed E-state index contributed by atoms with van der Waals surface area (Å²) < 4.78 is 25.4. The van der Waals surface area contributed by atoms with Crippen LogP contribution in [0.2, 0.25) is 5.02 Å². The highest BCUT2D eigenvalue weighted by atomic mass is 35.5. The molecule has 4 aliphatic heterocycles. The number of methoxy groups -OCH3 is 1. The number of likely N-dealkylation sites (tertiary alicyclic amines) is 1. The van der Waals surface area contributed by atoms with Gasteiger partial charge in [0.2, 0.25) is 0 Å². The molecule has 0 radical (unpaired) electrons. The lowest BCUT2D eigenvalue weighted by Gasteiger charge is -2.38. The Kier molecular flexibility index (Phi) is 11.9. The first-order chi connectivity index (χ1) is 28.9. The van der Waals surface area contributed by atoms with Gasteiger partial charge in [0.25, 0.3) is 0 Å². The van der Waals surface area contributed by atoms with Crippen molar-refractivity contribution in [2.24, 2.45) is 4.99 Å². The largest absolute Gasteiger partial charge is 0.480 e. The maximum absolute atomic E-state index is 14.1. The first-order valence-electron chi connectivity index (χ1n) is 19.4. The second kappa shape index (κ2) is 17.3. The molecule has 4 aromatic rings. The van der Waals surface area contributed by atoms with E-state index in [9.17, 15) is 29.0 Å². The van der Waals surface area contributed by atoms with Gasteiger partial charge in [-0.25, -0.2) is 19.0 Å². The Morgan fingerprint density at radius 1 is 1.07 bits per heavy atom. The predicted molar refractivity (Wildman–Crippen MR) is 223 cm³/mol. The number of carboxylic acids is 1. The number of aromatic nitrogens is 1. The summed E-state index contributed by atoms with van der Waals surface area (Å²) in [6.07, 6.45) is 1.18. The Labute approximate surface area is 354 Å². The van der Waals surface area contributed by atoms with Gasteiger partial charge in [-0.2, -0.15) is 0 Å². The maximum Gasteiger partial charge on any atom is 0.338 e. The molecule has 15 nitrogen and oxygen atoms in total. The Morgan fingerprint density at radius 3 is 2.45 bits per heavy atom. The van der Waals surface area contributed by atoms with E-state index in [1.165, 1.54) is 36.6 Å². The second-order valence-corrected chi connectivity index (χ2v) is 16.6. The number of thiazole rings is 1. The highest BCUT2D eigenvalue weighted by Gasteiger charge is 2.43. The fourth-order valence-electron chi connectivity index (χ4n) is 8.35. The minimum absolute atomic E-state index is 0.0929. The summed E-state index contributed by atoms with van der Waals surface area (Å²) in [4.78, 5) is 57.3. The van der Waals surface area contributed by atoms with Crippen molar-refractivity contribution >= 4 is 52.4 Å². The molecule has 0 saturated carbocycles. The van der Waals surface area contributed by atoms with Gasteiger partial charge >= 0.3 is 18.0 Å². The zero-order valence-corrected chi connectivity index (χ0v) is 34.6. The molecule has 0 spiro atoms. The molecule has 1 unspecified atom stereocenters. The Bertz CT molecular complexity index is 2320. The van der Waals surface area contributed by atoms with Crippen LogP contribution in [-0.2, 0) is 14.3 Å². The topological polar surface area (TPSA) is 164 Å². The Morgan fingerprint density at radius 2 is 1.80 bits per heavy atom. The molecule has 3 N–H and O–H groups in total. The van der Waals surface area contributed by atoms with Crippen molar-refractivity contribution in [3.63, 3.8) is 0 Å². The second-order valence-electron chi connectivity index (χ2n) is 15.3. The number of anilines is 1. The van der Waals surface area contributed by atoms with Crippen molar-refractivity contribution in [1.82, 2.24) is 29.9 Å². The number of carboxylic acid groups (broad SMARTS) is 1. The maximum atomic E-state index is 14.1. The van der Waals surface area contributed by atoms with E-state index >= 15 is 0 Å². The van der Waals surface area contributed by atoms with Gasteiger partial charge in [0.05, 0.1) is 18.7 Å². The number of esters is 1. The first kappa shape index (κ1) is 41.3. The van der Waals surface area contributed by atoms with Crippen LogP contribution in [0.5, 0.6) is 11.5 Å². The third kappa shape index (κ3) is 8.33. The number of carbonyl (C=O) groups is 3. The van der Waals surface area contributed by atoms with Crippen molar-refractivity contribution in [3.8, 4) is 11.5 Å². The lowest BCUT2D eigenvalue weighted by molar-refractivity contribution is -0.141. The normalized spacial score (nSPS) is 22.8. The van der Waals surface area contributed by atoms with E-state index in [1.807, 2.05) is 22.4 Å². The van der Waals surface area contributed by atoms with Gasteiger partial charge in [-0.1, -0.05) is 29.8 Å². The summed E-state index contributed by atoms with van der Waals surface area (Å²) in [6.45, 7) is 2.87. The van der Waals surface area contributed by atoms with E-state index in [-0.39, 0.29) is 28.7 Å².